The number of aliphatic imine (C=N–C) groups is 1. The standard InChI is InChI=1S/C9H8Cl2N2O3.C7H6Cl2N2O2/c1-16-9(15)7-5(10)4-6(11)13-8(7)12-2-3-14;1-13-7(12)5-3(8)2-4(9)11-6(5)10/h2,4,14H,3H2,1H3;2H,1H3,(H2,10,11). The topological polar surface area (TPSA) is 137 Å². The Labute approximate surface area is 185 Å². The predicted molar refractivity (Wildman–Crippen MR) is 111 cm³/mol. The molecule has 0 fully saturated rings. The van der Waals surface area contributed by atoms with Gasteiger partial charge in [-0.15, -0.1) is 0 Å². The molecule has 0 saturated heterocycles. The lowest BCUT2D eigenvalue weighted by Crippen LogP contribution is -2.08. The number of ether oxygens (including phenoxy) is 2. The number of aromatic nitrogens is 2. The molecule has 0 unspecified atom stereocenters. The molecule has 2 heterocycles. The summed E-state index contributed by atoms with van der Waals surface area (Å²) >= 11 is 22.7. The lowest BCUT2D eigenvalue weighted by molar-refractivity contribution is 0.0592. The maximum absolute atomic E-state index is 11.4. The molecule has 3 N–H and O–H groups in total. The van der Waals surface area contributed by atoms with Crippen LogP contribution in [0.15, 0.2) is 17.1 Å². The molecule has 0 radical (unpaired) electrons. The second kappa shape index (κ2) is 11.7. The molecule has 0 aliphatic heterocycles. The highest BCUT2D eigenvalue weighted by molar-refractivity contribution is 6.37. The van der Waals surface area contributed by atoms with E-state index in [9.17, 15) is 9.59 Å². The van der Waals surface area contributed by atoms with Crippen LogP contribution in [0.5, 0.6) is 0 Å². The third kappa shape index (κ3) is 6.98. The number of esters is 2. The van der Waals surface area contributed by atoms with Gasteiger partial charge in [0, 0.05) is 6.21 Å². The highest BCUT2D eigenvalue weighted by Gasteiger charge is 2.18. The van der Waals surface area contributed by atoms with E-state index in [1.54, 1.807) is 0 Å². The summed E-state index contributed by atoms with van der Waals surface area (Å²) in [5.41, 5.74) is 5.47. The number of hydrogen-bond acceptors (Lipinski definition) is 9. The third-order valence-corrected chi connectivity index (χ3v) is 3.95. The number of methoxy groups -OCH3 is 2. The van der Waals surface area contributed by atoms with Crippen molar-refractivity contribution in [3.8, 4) is 0 Å². The summed E-state index contributed by atoms with van der Waals surface area (Å²) in [7, 11) is 2.44. The number of nitrogens with zero attached hydrogens (tertiary/aromatic N) is 3. The Balaban J connectivity index is 0.000000296. The molecular formula is C16H14Cl4N4O5. The number of nitrogens with two attached hydrogens (primary N) is 1. The Hall–Kier alpha value is -2.17. The average Bonchev–Trinajstić information content (AvgIpc) is 2.64. The first-order valence-electron chi connectivity index (χ1n) is 7.43. The molecule has 0 aromatic carbocycles. The van der Waals surface area contributed by atoms with Crippen LogP contribution < -0.4 is 5.73 Å². The maximum atomic E-state index is 11.4. The first-order valence-corrected chi connectivity index (χ1v) is 8.94. The number of carbonyl (C=O) groups excluding carboxylic acids is 2. The van der Waals surface area contributed by atoms with Crippen molar-refractivity contribution in [1.29, 1.82) is 0 Å². The Bertz CT molecular complexity index is 917. The summed E-state index contributed by atoms with van der Waals surface area (Å²) < 4.78 is 8.99. The smallest absolute Gasteiger partial charge is 0.343 e. The number of aliphatic hydroxyl groups is 1. The van der Waals surface area contributed by atoms with Crippen molar-refractivity contribution in [3.63, 3.8) is 0 Å². The van der Waals surface area contributed by atoms with Gasteiger partial charge in [-0.2, -0.15) is 0 Å². The van der Waals surface area contributed by atoms with Crippen molar-refractivity contribution in [2.75, 3.05) is 26.6 Å². The number of carbonyl (C=O) groups is 2. The molecule has 0 aliphatic rings. The SMILES string of the molecule is COC(=O)c1c(Cl)cc(Cl)nc1N.COC(=O)c1c(Cl)cc(Cl)nc1N=CCO. The summed E-state index contributed by atoms with van der Waals surface area (Å²) in [6.45, 7) is -0.285. The number of anilines is 1. The van der Waals surface area contributed by atoms with E-state index in [0.717, 1.165) is 0 Å². The van der Waals surface area contributed by atoms with Crippen molar-refractivity contribution in [2.45, 2.75) is 0 Å². The molecule has 2 aromatic rings. The van der Waals surface area contributed by atoms with E-state index in [1.807, 2.05) is 0 Å². The van der Waals surface area contributed by atoms with Gasteiger partial charge in [0.15, 0.2) is 5.82 Å². The Morgan fingerprint density at radius 3 is 2.00 bits per heavy atom. The second-order valence-corrected chi connectivity index (χ2v) is 6.38. The molecular weight excluding hydrogens is 470 g/mol. The molecule has 0 spiro atoms. The monoisotopic (exact) mass is 482 g/mol. The molecule has 0 aliphatic carbocycles. The Morgan fingerprint density at radius 2 is 1.52 bits per heavy atom. The lowest BCUT2D eigenvalue weighted by Gasteiger charge is -2.05. The molecule has 0 bridgehead atoms. The summed E-state index contributed by atoms with van der Waals surface area (Å²) in [5.74, 6) is -1.33. The fraction of sp³-hybridized carbons (Fsp3) is 0.188. The first kappa shape index (κ1) is 24.9. The van der Waals surface area contributed by atoms with Gasteiger partial charge in [-0.05, 0) is 12.1 Å². The van der Waals surface area contributed by atoms with Crippen LogP contribution in [0.1, 0.15) is 20.7 Å². The number of pyridine rings is 2. The molecule has 9 nitrogen and oxygen atoms in total. The minimum absolute atomic E-state index is 0.0123. The molecule has 0 atom stereocenters. The predicted octanol–water partition coefficient (Wildman–Crippen LogP) is 3.63. The van der Waals surface area contributed by atoms with Gasteiger partial charge in [0.1, 0.15) is 27.3 Å². The van der Waals surface area contributed by atoms with Crippen LogP contribution in [0, 0.1) is 0 Å². The highest BCUT2D eigenvalue weighted by Crippen LogP contribution is 2.28. The molecule has 156 valence electrons. The van der Waals surface area contributed by atoms with Gasteiger partial charge in [0.2, 0.25) is 0 Å². The Morgan fingerprint density at radius 1 is 1.03 bits per heavy atom. The molecule has 2 aromatic heterocycles. The van der Waals surface area contributed by atoms with E-state index >= 15 is 0 Å². The minimum atomic E-state index is -0.667. The van der Waals surface area contributed by atoms with Gasteiger partial charge in [0.25, 0.3) is 0 Å². The molecule has 0 amide bonds. The molecule has 0 saturated carbocycles. The lowest BCUT2D eigenvalue weighted by atomic mass is 10.2. The molecule has 2 rings (SSSR count). The number of rotatable bonds is 4. The van der Waals surface area contributed by atoms with E-state index in [1.165, 1.54) is 32.6 Å². The van der Waals surface area contributed by atoms with E-state index in [0.29, 0.717) is 0 Å². The van der Waals surface area contributed by atoms with Crippen LogP contribution in [0.25, 0.3) is 0 Å². The zero-order valence-corrected chi connectivity index (χ0v) is 18.0. The van der Waals surface area contributed by atoms with Crippen LogP contribution in [0.2, 0.25) is 20.4 Å². The molecule has 13 heteroatoms. The number of aliphatic hydroxyl groups excluding tert-OH is 1. The van der Waals surface area contributed by atoms with Gasteiger partial charge >= 0.3 is 11.9 Å². The van der Waals surface area contributed by atoms with Crippen molar-refractivity contribution < 1.29 is 24.2 Å². The summed E-state index contributed by atoms with van der Waals surface area (Å²) in [6, 6.07) is 2.64. The van der Waals surface area contributed by atoms with Crippen LogP contribution >= 0.6 is 46.4 Å². The average molecular weight is 484 g/mol. The van der Waals surface area contributed by atoms with Gasteiger partial charge in [-0.1, -0.05) is 46.4 Å². The number of halogens is 4. The van der Waals surface area contributed by atoms with Gasteiger partial charge in [-0.25, -0.2) is 24.5 Å². The summed E-state index contributed by atoms with van der Waals surface area (Å²) in [4.78, 5) is 33.7. The first-order chi connectivity index (χ1) is 13.7. The van der Waals surface area contributed by atoms with Crippen LogP contribution in [-0.2, 0) is 9.47 Å². The number of nitrogen functional groups attached to an aromatic ring is 1. The van der Waals surface area contributed by atoms with Crippen molar-refractivity contribution >= 4 is 76.2 Å². The minimum Gasteiger partial charge on any atom is -0.465 e. The van der Waals surface area contributed by atoms with Gasteiger partial charge < -0.3 is 20.3 Å². The number of hydrogen-bond donors (Lipinski definition) is 2. The summed E-state index contributed by atoms with van der Waals surface area (Å²) in [5, 5.41) is 9.05. The second-order valence-electron chi connectivity index (χ2n) is 4.79. The van der Waals surface area contributed by atoms with E-state index in [2.05, 4.69) is 24.4 Å². The Kier molecular flexibility index (Phi) is 10.1. The van der Waals surface area contributed by atoms with E-state index in [-0.39, 0.29) is 49.7 Å². The van der Waals surface area contributed by atoms with Crippen molar-refractivity contribution in [3.05, 3.63) is 43.6 Å². The quantitative estimate of drug-likeness (QED) is 0.382. The van der Waals surface area contributed by atoms with E-state index < -0.39 is 11.9 Å². The fourth-order valence-electron chi connectivity index (χ4n) is 1.79. The third-order valence-electron chi connectivity index (χ3n) is 2.96. The highest BCUT2D eigenvalue weighted by atomic mass is 35.5. The zero-order chi connectivity index (χ0) is 22.1. The van der Waals surface area contributed by atoms with Crippen molar-refractivity contribution in [2.24, 2.45) is 4.99 Å². The maximum Gasteiger partial charge on any atom is 0.343 e. The van der Waals surface area contributed by atoms with Gasteiger partial charge in [-0.3, -0.25) is 0 Å². The van der Waals surface area contributed by atoms with Crippen LogP contribution in [0.3, 0.4) is 0 Å². The van der Waals surface area contributed by atoms with Crippen molar-refractivity contribution in [1.82, 2.24) is 9.97 Å². The van der Waals surface area contributed by atoms with Crippen LogP contribution in [0.4, 0.5) is 11.6 Å². The summed E-state index contributed by atoms with van der Waals surface area (Å²) in [6.07, 6.45) is 1.17. The fourth-order valence-corrected chi connectivity index (χ4v) is 2.83. The molecule has 29 heavy (non-hydrogen) atoms. The largest absolute Gasteiger partial charge is 0.465 e. The van der Waals surface area contributed by atoms with Crippen LogP contribution in [-0.4, -0.2) is 54.1 Å². The van der Waals surface area contributed by atoms with Gasteiger partial charge in [0.05, 0.1) is 30.9 Å². The normalized spacial score (nSPS) is 10.3. The zero-order valence-electron chi connectivity index (χ0n) is 15.0. The van der Waals surface area contributed by atoms with E-state index in [4.69, 9.17) is 57.2 Å².